The molecule has 0 spiro atoms. The van der Waals surface area contributed by atoms with Crippen molar-refractivity contribution < 1.29 is 14.4 Å². The highest BCUT2D eigenvalue weighted by Crippen LogP contribution is 2.18. The Labute approximate surface area is 145 Å². The number of benzene rings is 2. The molecule has 0 atom stereocenters. The van der Waals surface area contributed by atoms with Gasteiger partial charge < -0.3 is 21.7 Å². The fraction of sp³-hybridized carbons (Fsp3) is 0.167. The lowest BCUT2D eigenvalue weighted by Crippen LogP contribution is -2.35. The molecule has 0 aliphatic heterocycles. The van der Waals surface area contributed by atoms with Gasteiger partial charge in [-0.25, -0.2) is 0 Å². The molecule has 0 aromatic heterocycles. The molecule has 0 bridgehead atoms. The molecule has 0 saturated carbocycles. The van der Waals surface area contributed by atoms with Crippen molar-refractivity contribution in [1.82, 2.24) is 10.6 Å². The van der Waals surface area contributed by atoms with Crippen LogP contribution in [0, 0.1) is 0 Å². The summed E-state index contributed by atoms with van der Waals surface area (Å²) in [6.45, 7) is 1.60. The van der Waals surface area contributed by atoms with E-state index in [1.165, 1.54) is 6.92 Å². The predicted molar refractivity (Wildman–Crippen MR) is 95.8 cm³/mol. The summed E-state index contributed by atoms with van der Waals surface area (Å²) >= 11 is 0. The van der Waals surface area contributed by atoms with Crippen LogP contribution in [0.3, 0.4) is 0 Å². The minimum absolute atomic E-state index is 0.0612. The van der Waals surface area contributed by atoms with Gasteiger partial charge in [0.2, 0.25) is 11.8 Å². The third-order valence-electron chi connectivity index (χ3n) is 3.41. The van der Waals surface area contributed by atoms with Crippen LogP contribution in [-0.2, 0) is 16.1 Å². The number of nitrogens with two attached hydrogens (primary N) is 1. The normalized spacial score (nSPS) is 9.96. The van der Waals surface area contributed by atoms with Crippen molar-refractivity contribution in [3.63, 3.8) is 0 Å². The summed E-state index contributed by atoms with van der Waals surface area (Å²) < 4.78 is 0. The maximum absolute atomic E-state index is 12.2. The molecule has 0 saturated heterocycles. The van der Waals surface area contributed by atoms with Crippen LogP contribution in [-0.4, -0.2) is 24.3 Å². The summed E-state index contributed by atoms with van der Waals surface area (Å²) in [4.78, 5) is 34.5. The van der Waals surface area contributed by atoms with E-state index in [1.54, 1.807) is 48.5 Å². The molecule has 0 radical (unpaired) electrons. The monoisotopic (exact) mass is 340 g/mol. The number of anilines is 2. The zero-order valence-electron chi connectivity index (χ0n) is 13.8. The van der Waals surface area contributed by atoms with Crippen LogP contribution in [0.15, 0.2) is 48.5 Å². The van der Waals surface area contributed by atoms with Crippen molar-refractivity contribution in [3.05, 3.63) is 59.7 Å². The van der Waals surface area contributed by atoms with E-state index in [1.807, 2.05) is 0 Å². The topological polar surface area (TPSA) is 113 Å². The van der Waals surface area contributed by atoms with Gasteiger partial charge in [0.25, 0.3) is 5.91 Å². The summed E-state index contributed by atoms with van der Waals surface area (Å²) in [5.74, 6) is -0.805. The maximum Gasteiger partial charge on any atom is 0.255 e. The zero-order chi connectivity index (χ0) is 18.2. The largest absolute Gasteiger partial charge is 0.397 e. The molecule has 7 heteroatoms. The van der Waals surface area contributed by atoms with E-state index < -0.39 is 0 Å². The van der Waals surface area contributed by atoms with Gasteiger partial charge in [0.1, 0.15) is 0 Å². The summed E-state index contributed by atoms with van der Waals surface area (Å²) in [6.07, 6.45) is 0. The molecule has 5 N–H and O–H groups in total. The summed E-state index contributed by atoms with van der Waals surface area (Å²) in [6, 6.07) is 13.9. The van der Waals surface area contributed by atoms with E-state index in [-0.39, 0.29) is 24.3 Å². The second kappa shape index (κ2) is 8.49. The quantitative estimate of drug-likeness (QED) is 0.593. The molecule has 3 amide bonds. The van der Waals surface area contributed by atoms with Crippen LogP contribution < -0.4 is 21.7 Å². The Morgan fingerprint density at radius 1 is 0.960 bits per heavy atom. The second-order valence-corrected chi connectivity index (χ2v) is 5.42. The van der Waals surface area contributed by atoms with E-state index >= 15 is 0 Å². The first kappa shape index (κ1) is 18.0. The highest BCUT2D eigenvalue weighted by Gasteiger charge is 2.08. The van der Waals surface area contributed by atoms with Gasteiger partial charge in [0.15, 0.2) is 0 Å². The first-order valence-electron chi connectivity index (χ1n) is 7.71. The van der Waals surface area contributed by atoms with Crippen LogP contribution in [0.5, 0.6) is 0 Å². The van der Waals surface area contributed by atoms with Crippen LogP contribution in [0.25, 0.3) is 0 Å². The van der Waals surface area contributed by atoms with Crippen LogP contribution in [0.2, 0.25) is 0 Å². The molecule has 0 aliphatic carbocycles. The molecule has 2 aromatic carbocycles. The van der Waals surface area contributed by atoms with Gasteiger partial charge in [0.05, 0.1) is 17.9 Å². The number of carbonyl (C=O) groups is 3. The van der Waals surface area contributed by atoms with Crippen LogP contribution in [0.1, 0.15) is 22.8 Å². The van der Waals surface area contributed by atoms with Gasteiger partial charge in [-0.3, -0.25) is 14.4 Å². The number of para-hydroxylation sites is 2. The molecule has 0 aliphatic rings. The molecule has 0 heterocycles. The number of nitrogen functional groups attached to an aromatic ring is 1. The van der Waals surface area contributed by atoms with Crippen molar-refractivity contribution in [2.75, 3.05) is 17.6 Å². The summed E-state index contributed by atoms with van der Waals surface area (Å²) in [7, 11) is 0. The number of carbonyl (C=O) groups excluding carboxylic acids is 3. The average molecular weight is 340 g/mol. The molecule has 2 aromatic rings. The lowest BCUT2D eigenvalue weighted by molar-refractivity contribution is -0.125. The van der Waals surface area contributed by atoms with E-state index in [9.17, 15) is 14.4 Å². The van der Waals surface area contributed by atoms with Gasteiger partial charge >= 0.3 is 0 Å². The molecule has 130 valence electrons. The maximum atomic E-state index is 12.2. The Morgan fingerprint density at radius 3 is 2.28 bits per heavy atom. The highest BCUT2D eigenvalue weighted by molar-refractivity contribution is 6.05. The van der Waals surface area contributed by atoms with Crippen molar-refractivity contribution >= 4 is 29.1 Å². The Hall–Kier alpha value is -3.35. The summed E-state index contributed by atoms with van der Waals surface area (Å²) in [5.41, 5.74) is 8.18. The first-order chi connectivity index (χ1) is 12.0. The van der Waals surface area contributed by atoms with E-state index in [0.717, 1.165) is 5.56 Å². The fourth-order valence-electron chi connectivity index (χ4n) is 2.05. The number of hydrogen-bond donors (Lipinski definition) is 4. The SMILES string of the molecule is CC(=O)NCC(=O)NCc1ccc(C(=O)Nc2ccccc2N)cc1. The number of hydrogen-bond acceptors (Lipinski definition) is 4. The Balaban J connectivity index is 1.89. The first-order valence-corrected chi connectivity index (χ1v) is 7.71. The van der Waals surface area contributed by atoms with Crippen molar-refractivity contribution in [2.45, 2.75) is 13.5 Å². The molecular formula is C18H20N4O3. The van der Waals surface area contributed by atoms with Gasteiger partial charge in [-0.2, -0.15) is 0 Å². The van der Waals surface area contributed by atoms with Gasteiger partial charge in [-0.1, -0.05) is 24.3 Å². The molecule has 0 fully saturated rings. The standard InChI is InChI=1S/C18H20N4O3/c1-12(23)20-11-17(24)21-10-13-6-8-14(9-7-13)18(25)22-16-5-3-2-4-15(16)19/h2-9H,10-11,19H2,1H3,(H,20,23)(H,21,24)(H,22,25). The van der Waals surface area contributed by atoms with Crippen LogP contribution in [0.4, 0.5) is 11.4 Å². The lowest BCUT2D eigenvalue weighted by Gasteiger charge is -2.09. The Morgan fingerprint density at radius 2 is 1.64 bits per heavy atom. The minimum Gasteiger partial charge on any atom is -0.397 e. The highest BCUT2D eigenvalue weighted by atomic mass is 16.2. The summed E-state index contributed by atoms with van der Waals surface area (Å²) in [5, 5.41) is 7.85. The minimum atomic E-state index is -0.281. The molecule has 7 nitrogen and oxygen atoms in total. The van der Waals surface area contributed by atoms with Crippen LogP contribution >= 0.6 is 0 Å². The van der Waals surface area contributed by atoms with Gasteiger partial charge in [-0.15, -0.1) is 0 Å². The Bertz CT molecular complexity index is 772. The number of nitrogens with one attached hydrogen (secondary N) is 3. The number of rotatable bonds is 6. The van der Waals surface area contributed by atoms with Crippen molar-refractivity contribution in [1.29, 1.82) is 0 Å². The van der Waals surface area contributed by atoms with E-state index in [2.05, 4.69) is 16.0 Å². The third-order valence-corrected chi connectivity index (χ3v) is 3.41. The average Bonchev–Trinajstić information content (AvgIpc) is 2.60. The molecule has 2 rings (SSSR count). The van der Waals surface area contributed by atoms with Gasteiger partial charge in [-0.05, 0) is 29.8 Å². The number of amides is 3. The molecule has 25 heavy (non-hydrogen) atoms. The fourth-order valence-corrected chi connectivity index (χ4v) is 2.05. The zero-order valence-corrected chi connectivity index (χ0v) is 13.8. The Kier molecular flexibility index (Phi) is 6.11. The van der Waals surface area contributed by atoms with Crippen molar-refractivity contribution in [2.24, 2.45) is 0 Å². The predicted octanol–water partition coefficient (Wildman–Crippen LogP) is 1.27. The van der Waals surface area contributed by atoms with Crippen molar-refractivity contribution in [3.8, 4) is 0 Å². The molecule has 0 unspecified atom stereocenters. The third kappa shape index (κ3) is 5.65. The van der Waals surface area contributed by atoms with E-state index in [0.29, 0.717) is 23.5 Å². The molecular weight excluding hydrogens is 320 g/mol. The smallest absolute Gasteiger partial charge is 0.255 e. The van der Waals surface area contributed by atoms with E-state index in [4.69, 9.17) is 5.73 Å². The second-order valence-electron chi connectivity index (χ2n) is 5.42. The lowest BCUT2D eigenvalue weighted by atomic mass is 10.1. The van der Waals surface area contributed by atoms with Gasteiger partial charge in [0, 0.05) is 19.0 Å².